The van der Waals surface area contributed by atoms with Crippen LogP contribution >= 0.6 is 0 Å². The van der Waals surface area contributed by atoms with Crippen LogP contribution in [0.5, 0.6) is 0 Å². The van der Waals surface area contributed by atoms with Gasteiger partial charge in [0.2, 0.25) is 5.95 Å². The Morgan fingerprint density at radius 1 is 1.59 bits per heavy atom. The Morgan fingerprint density at radius 3 is 3.00 bits per heavy atom. The second-order valence-electron chi connectivity index (χ2n) is 4.28. The van der Waals surface area contributed by atoms with Crippen molar-refractivity contribution in [3.8, 4) is 0 Å². The summed E-state index contributed by atoms with van der Waals surface area (Å²) in [6.07, 6.45) is 1.70. The summed E-state index contributed by atoms with van der Waals surface area (Å²) < 4.78 is 31.3. The lowest BCUT2D eigenvalue weighted by Gasteiger charge is -2.23. The van der Waals surface area contributed by atoms with Crippen molar-refractivity contribution < 1.29 is 18.3 Å². The van der Waals surface area contributed by atoms with Gasteiger partial charge in [0.05, 0.1) is 17.7 Å². The number of rotatable bonds is 2. The molecule has 0 saturated carbocycles. The number of halogens is 2. The summed E-state index contributed by atoms with van der Waals surface area (Å²) in [6, 6.07) is 1.15. The number of ether oxygens (including phenoxy) is 1. The minimum atomic E-state index is -1.27. The van der Waals surface area contributed by atoms with E-state index in [2.05, 4.69) is 10.3 Å². The van der Waals surface area contributed by atoms with Crippen molar-refractivity contribution >= 4 is 5.91 Å². The van der Waals surface area contributed by atoms with Crippen molar-refractivity contribution in [1.82, 2.24) is 10.3 Å². The van der Waals surface area contributed by atoms with Gasteiger partial charge in [-0.1, -0.05) is 0 Å². The molecule has 1 saturated heterocycles. The van der Waals surface area contributed by atoms with Gasteiger partial charge in [-0.25, -0.2) is 9.37 Å². The molecule has 0 bridgehead atoms. The number of pyridine rings is 1. The van der Waals surface area contributed by atoms with Gasteiger partial charge >= 0.3 is 0 Å². The molecule has 0 aromatic carbocycles. The molecular weight excluding hydrogens is 230 g/mol. The summed E-state index contributed by atoms with van der Waals surface area (Å²) >= 11 is 0. The summed E-state index contributed by atoms with van der Waals surface area (Å²) in [6.45, 7) is 2.71. The van der Waals surface area contributed by atoms with Crippen molar-refractivity contribution in [2.75, 3.05) is 13.2 Å². The quantitative estimate of drug-likeness (QED) is 0.794. The Labute approximate surface area is 97.0 Å². The van der Waals surface area contributed by atoms with Gasteiger partial charge in [0.15, 0.2) is 5.82 Å². The zero-order chi connectivity index (χ0) is 12.5. The normalized spacial score (nSPS) is 23.7. The molecule has 0 spiro atoms. The monoisotopic (exact) mass is 242 g/mol. The van der Waals surface area contributed by atoms with Crippen LogP contribution in [-0.4, -0.2) is 29.6 Å². The Balaban J connectivity index is 2.17. The molecule has 17 heavy (non-hydrogen) atoms. The topological polar surface area (TPSA) is 51.2 Å². The molecule has 6 heteroatoms. The molecular formula is C11H12F2N2O2. The van der Waals surface area contributed by atoms with Crippen LogP contribution in [-0.2, 0) is 4.74 Å². The SMILES string of the molecule is CC1(NC(=O)c2ccnc(F)c2F)CCOC1. The van der Waals surface area contributed by atoms with Gasteiger partial charge in [-0.05, 0) is 19.4 Å². The van der Waals surface area contributed by atoms with E-state index in [0.717, 1.165) is 12.3 Å². The van der Waals surface area contributed by atoms with Gasteiger partial charge in [-0.15, -0.1) is 0 Å². The van der Waals surface area contributed by atoms with E-state index < -0.39 is 23.2 Å². The molecule has 1 aliphatic rings. The lowest BCUT2D eigenvalue weighted by molar-refractivity contribution is 0.0884. The smallest absolute Gasteiger partial charge is 0.254 e. The van der Waals surface area contributed by atoms with E-state index in [-0.39, 0.29) is 5.56 Å². The predicted molar refractivity (Wildman–Crippen MR) is 55.5 cm³/mol. The standard InChI is InChI=1S/C11H12F2N2O2/c1-11(3-5-17-6-11)15-10(16)7-2-4-14-9(13)8(7)12/h2,4H,3,5-6H2,1H3,(H,15,16). The van der Waals surface area contributed by atoms with E-state index in [9.17, 15) is 13.6 Å². The average molecular weight is 242 g/mol. The maximum Gasteiger partial charge on any atom is 0.254 e. The number of amides is 1. The number of aromatic nitrogens is 1. The van der Waals surface area contributed by atoms with Crippen LogP contribution in [0.1, 0.15) is 23.7 Å². The molecule has 1 aromatic rings. The van der Waals surface area contributed by atoms with Gasteiger partial charge in [-0.2, -0.15) is 4.39 Å². The van der Waals surface area contributed by atoms with Gasteiger partial charge in [0, 0.05) is 12.8 Å². The molecule has 1 atom stereocenters. The summed E-state index contributed by atoms with van der Waals surface area (Å²) in [5.41, 5.74) is -0.867. The van der Waals surface area contributed by atoms with E-state index in [0.29, 0.717) is 19.6 Å². The molecule has 92 valence electrons. The molecule has 1 unspecified atom stereocenters. The fraction of sp³-hybridized carbons (Fsp3) is 0.455. The largest absolute Gasteiger partial charge is 0.379 e. The molecule has 1 fully saturated rings. The first-order valence-corrected chi connectivity index (χ1v) is 5.22. The zero-order valence-electron chi connectivity index (χ0n) is 9.30. The lowest BCUT2D eigenvalue weighted by Crippen LogP contribution is -2.46. The maximum atomic E-state index is 13.3. The number of nitrogens with zero attached hydrogens (tertiary/aromatic N) is 1. The summed E-state index contributed by atoms with van der Waals surface area (Å²) in [7, 11) is 0. The minimum absolute atomic E-state index is 0.342. The highest BCUT2D eigenvalue weighted by atomic mass is 19.2. The van der Waals surface area contributed by atoms with E-state index in [1.807, 2.05) is 0 Å². The van der Waals surface area contributed by atoms with E-state index >= 15 is 0 Å². The summed E-state index contributed by atoms with van der Waals surface area (Å²) in [4.78, 5) is 14.9. The Kier molecular flexibility index (Phi) is 3.06. The second kappa shape index (κ2) is 4.37. The minimum Gasteiger partial charge on any atom is -0.379 e. The number of carbonyl (C=O) groups is 1. The lowest BCUT2D eigenvalue weighted by atomic mass is 10.0. The molecule has 1 aromatic heterocycles. The van der Waals surface area contributed by atoms with E-state index in [1.54, 1.807) is 6.92 Å². The number of carbonyl (C=O) groups excluding carboxylic acids is 1. The number of hydrogen-bond donors (Lipinski definition) is 1. The van der Waals surface area contributed by atoms with Crippen LogP contribution < -0.4 is 5.32 Å². The third-order valence-electron chi connectivity index (χ3n) is 2.73. The first kappa shape index (κ1) is 11.9. The van der Waals surface area contributed by atoms with Gasteiger partial charge in [0.25, 0.3) is 5.91 Å². The fourth-order valence-corrected chi connectivity index (χ4v) is 1.70. The molecule has 0 radical (unpaired) electrons. The maximum absolute atomic E-state index is 13.3. The van der Waals surface area contributed by atoms with Crippen molar-refractivity contribution in [2.45, 2.75) is 18.9 Å². The summed E-state index contributed by atoms with van der Waals surface area (Å²) in [5, 5.41) is 2.64. The van der Waals surface area contributed by atoms with Crippen LogP contribution in [0.25, 0.3) is 0 Å². The molecule has 4 nitrogen and oxygen atoms in total. The molecule has 1 aliphatic heterocycles. The van der Waals surface area contributed by atoms with Crippen molar-refractivity contribution in [3.63, 3.8) is 0 Å². The third kappa shape index (κ3) is 2.41. The van der Waals surface area contributed by atoms with Crippen LogP contribution in [0.4, 0.5) is 8.78 Å². The van der Waals surface area contributed by atoms with E-state index in [4.69, 9.17) is 4.74 Å². The van der Waals surface area contributed by atoms with Crippen molar-refractivity contribution in [2.24, 2.45) is 0 Å². The molecule has 0 aliphatic carbocycles. The zero-order valence-corrected chi connectivity index (χ0v) is 9.30. The summed E-state index contributed by atoms with van der Waals surface area (Å²) in [5.74, 6) is -3.16. The fourth-order valence-electron chi connectivity index (χ4n) is 1.70. The van der Waals surface area contributed by atoms with E-state index in [1.165, 1.54) is 0 Å². The molecule has 1 amide bonds. The Morgan fingerprint density at radius 2 is 2.35 bits per heavy atom. The molecule has 2 rings (SSSR count). The molecule has 1 N–H and O–H groups in total. The van der Waals surface area contributed by atoms with Gasteiger partial charge in [-0.3, -0.25) is 4.79 Å². The second-order valence-corrected chi connectivity index (χ2v) is 4.28. The molecule has 2 heterocycles. The number of nitrogens with one attached hydrogen (secondary N) is 1. The Hall–Kier alpha value is -1.56. The van der Waals surface area contributed by atoms with Crippen LogP contribution in [0.15, 0.2) is 12.3 Å². The van der Waals surface area contributed by atoms with Crippen molar-refractivity contribution in [3.05, 3.63) is 29.6 Å². The van der Waals surface area contributed by atoms with Crippen LogP contribution in [0.3, 0.4) is 0 Å². The highest BCUT2D eigenvalue weighted by Crippen LogP contribution is 2.19. The van der Waals surface area contributed by atoms with Gasteiger partial charge in [0.1, 0.15) is 0 Å². The first-order chi connectivity index (χ1) is 8.02. The third-order valence-corrected chi connectivity index (χ3v) is 2.73. The highest BCUT2D eigenvalue weighted by molar-refractivity contribution is 5.94. The van der Waals surface area contributed by atoms with Gasteiger partial charge < -0.3 is 10.1 Å². The average Bonchev–Trinajstić information content (AvgIpc) is 2.68. The highest BCUT2D eigenvalue weighted by Gasteiger charge is 2.32. The number of hydrogen-bond acceptors (Lipinski definition) is 3. The predicted octanol–water partition coefficient (Wildman–Crippen LogP) is 1.27. The van der Waals surface area contributed by atoms with Crippen LogP contribution in [0.2, 0.25) is 0 Å². The van der Waals surface area contributed by atoms with Crippen molar-refractivity contribution in [1.29, 1.82) is 0 Å². The Bertz CT molecular complexity index is 445. The first-order valence-electron chi connectivity index (χ1n) is 5.22. The van der Waals surface area contributed by atoms with Crippen LogP contribution in [0, 0.1) is 11.8 Å².